The van der Waals surface area contributed by atoms with Gasteiger partial charge in [0.2, 0.25) is 0 Å². The number of hydrogen-bond acceptors (Lipinski definition) is 5. The number of esters is 1. The van der Waals surface area contributed by atoms with Gasteiger partial charge in [0, 0.05) is 17.9 Å². The zero-order valence-electron chi connectivity index (χ0n) is 9.47. The Morgan fingerprint density at radius 3 is 3.12 bits per heavy atom. The van der Waals surface area contributed by atoms with Gasteiger partial charge in [-0.1, -0.05) is 6.08 Å². The van der Waals surface area contributed by atoms with Gasteiger partial charge >= 0.3 is 5.97 Å². The number of ether oxygens (including phenoxy) is 2. The van der Waals surface area contributed by atoms with Gasteiger partial charge in [0.1, 0.15) is 0 Å². The van der Waals surface area contributed by atoms with Crippen LogP contribution in [0.2, 0.25) is 0 Å². The zero-order valence-corrected chi connectivity index (χ0v) is 9.47. The van der Waals surface area contributed by atoms with E-state index < -0.39 is 0 Å². The topological polar surface area (TPSA) is 57.3 Å². The molecule has 0 aromatic carbocycles. The number of carbonyl (C=O) groups is 1. The van der Waals surface area contributed by atoms with Crippen LogP contribution in [0.1, 0.15) is 13.3 Å². The predicted octanol–water partition coefficient (Wildman–Crippen LogP) is 0.841. The van der Waals surface area contributed by atoms with E-state index in [4.69, 9.17) is 14.4 Å². The van der Waals surface area contributed by atoms with Crippen molar-refractivity contribution in [3.63, 3.8) is 0 Å². The van der Waals surface area contributed by atoms with Gasteiger partial charge in [-0.05, 0) is 6.92 Å². The highest BCUT2D eigenvalue weighted by Crippen LogP contribution is 2.40. The normalized spacial score (nSPS) is 31.6. The summed E-state index contributed by atoms with van der Waals surface area (Å²) in [5.74, 6) is -0.169. The lowest BCUT2D eigenvalue weighted by molar-refractivity contribution is -0.278. The molecule has 90 valence electrons. The molecule has 0 radical (unpaired) electrons. The first-order valence-electron chi connectivity index (χ1n) is 5.45. The molecule has 0 aromatic rings. The van der Waals surface area contributed by atoms with Gasteiger partial charge < -0.3 is 9.47 Å². The molecule has 3 atom stereocenters. The standard InChI is InChI=1S/C11H16O5/c1-3-14-11(12)7-4-8(6-15-13-2)10-9(5-7)16-10/h4,8-10H,3,5-6H2,1-2H3/t8-,9-,10+/m0/s1. The second kappa shape index (κ2) is 4.95. The van der Waals surface area contributed by atoms with E-state index in [1.54, 1.807) is 6.92 Å². The maximum absolute atomic E-state index is 11.6. The number of rotatable bonds is 5. The largest absolute Gasteiger partial charge is 0.463 e. The molecule has 1 saturated heterocycles. The summed E-state index contributed by atoms with van der Waals surface area (Å²) in [6.45, 7) is 2.59. The molecule has 1 fully saturated rings. The molecule has 0 aromatic heterocycles. The van der Waals surface area contributed by atoms with Crippen molar-refractivity contribution < 1.29 is 24.0 Å². The molecule has 2 aliphatic rings. The van der Waals surface area contributed by atoms with Crippen molar-refractivity contribution in [2.45, 2.75) is 25.6 Å². The first-order chi connectivity index (χ1) is 7.76. The maximum atomic E-state index is 11.6. The van der Waals surface area contributed by atoms with Crippen molar-refractivity contribution in [3.8, 4) is 0 Å². The van der Waals surface area contributed by atoms with Crippen LogP contribution in [-0.4, -0.2) is 38.5 Å². The Labute approximate surface area is 94.2 Å². The van der Waals surface area contributed by atoms with Crippen LogP contribution < -0.4 is 0 Å². The average molecular weight is 228 g/mol. The van der Waals surface area contributed by atoms with Gasteiger partial charge in [-0.2, -0.15) is 0 Å². The summed E-state index contributed by atoms with van der Waals surface area (Å²) in [6, 6.07) is 0. The second-order valence-corrected chi connectivity index (χ2v) is 3.87. The zero-order chi connectivity index (χ0) is 11.5. The minimum absolute atomic E-state index is 0.0816. The lowest BCUT2D eigenvalue weighted by Gasteiger charge is -2.15. The van der Waals surface area contributed by atoms with Crippen LogP contribution >= 0.6 is 0 Å². The first-order valence-corrected chi connectivity index (χ1v) is 5.45. The van der Waals surface area contributed by atoms with Gasteiger partial charge in [-0.25, -0.2) is 14.6 Å². The van der Waals surface area contributed by atoms with Crippen molar-refractivity contribution in [2.24, 2.45) is 5.92 Å². The summed E-state index contributed by atoms with van der Waals surface area (Å²) < 4.78 is 10.4. The maximum Gasteiger partial charge on any atom is 0.333 e. The molecule has 0 amide bonds. The third-order valence-corrected chi connectivity index (χ3v) is 2.80. The van der Waals surface area contributed by atoms with Crippen molar-refractivity contribution in [1.82, 2.24) is 0 Å². The third kappa shape index (κ3) is 2.42. The van der Waals surface area contributed by atoms with Crippen molar-refractivity contribution in [3.05, 3.63) is 11.6 Å². The van der Waals surface area contributed by atoms with Gasteiger partial charge in [0.25, 0.3) is 0 Å². The molecular formula is C11H16O5. The lowest BCUT2D eigenvalue weighted by Crippen LogP contribution is -2.23. The van der Waals surface area contributed by atoms with E-state index in [9.17, 15) is 4.79 Å². The van der Waals surface area contributed by atoms with E-state index in [1.807, 2.05) is 6.08 Å². The molecule has 1 aliphatic heterocycles. The molecule has 16 heavy (non-hydrogen) atoms. The summed E-state index contributed by atoms with van der Waals surface area (Å²) in [5.41, 5.74) is 0.685. The molecule has 1 aliphatic carbocycles. The molecule has 2 rings (SSSR count). The van der Waals surface area contributed by atoms with E-state index >= 15 is 0 Å². The molecule has 0 N–H and O–H groups in total. The molecule has 5 nitrogen and oxygen atoms in total. The van der Waals surface area contributed by atoms with Crippen molar-refractivity contribution >= 4 is 5.97 Å². The predicted molar refractivity (Wildman–Crippen MR) is 54.4 cm³/mol. The number of hydrogen-bond donors (Lipinski definition) is 0. The number of carbonyl (C=O) groups excluding carboxylic acids is 1. The smallest absolute Gasteiger partial charge is 0.333 e. The Morgan fingerprint density at radius 2 is 2.44 bits per heavy atom. The first kappa shape index (κ1) is 11.6. The van der Waals surface area contributed by atoms with Gasteiger partial charge in [-0.15, -0.1) is 0 Å². The monoisotopic (exact) mass is 228 g/mol. The van der Waals surface area contributed by atoms with Crippen LogP contribution in [0, 0.1) is 5.92 Å². The summed E-state index contributed by atoms with van der Waals surface area (Å²) in [7, 11) is 1.46. The lowest BCUT2D eigenvalue weighted by atomic mass is 9.91. The average Bonchev–Trinajstić information content (AvgIpc) is 3.05. The number of epoxide rings is 1. The molecule has 0 spiro atoms. The third-order valence-electron chi connectivity index (χ3n) is 2.80. The van der Waals surface area contributed by atoms with Crippen molar-refractivity contribution in [1.29, 1.82) is 0 Å². The van der Waals surface area contributed by atoms with Crippen LogP contribution in [0.5, 0.6) is 0 Å². The van der Waals surface area contributed by atoms with E-state index in [1.165, 1.54) is 7.11 Å². The fourth-order valence-corrected chi connectivity index (χ4v) is 2.00. The van der Waals surface area contributed by atoms with Crippen molar-refractivity contribution in [2.75, 3.05) is 20.3 Å². The van der Waals surface area contributed by atoms with E-state index in [0.29, 0.717) is 25.2 Å². The van der Waals surface area contributed by atoms with Gasteiger partial charge in [0.15, 0.2) is 0 Å². The minimum Gasteiger partial charge on any atom is -0.463 e. The summed E-state index contributed by atoms with van der Waals surface area (Å²) in [5, 5.41) is 0. The Hall–Kier alpha value is -0.910. The molecule has 5 heteroatoms. The number of fused-ring (bicyclic) bond motifs is 1. The Balaban J connectivity index is 1.97. The molecule has 1 heterocycles. The minimum atomic E-state index is -0.251. The Morgan fingerprint density at radius 1 is 1.62 bits per heavy atom. The van der Waals surface area contributed by atoms with Gasteiger partial charge in [0.05, 0.1) is 32.5 Å². The van der Waals surface area contributed by atoms with Crippen LogP contribution in [0.4, 0.5) is 0 Å². The second-order valence-electron chi connectivity index (χ2n) is 3.87. The molecule has 0 unspecified atom stereocenters. The highest BCUT2D eigenvalue weighted by molar-refractivity contribution is 5.89. The fraction of sp³-hybridized carbons (Fsp3) is 0.727. The highest BCUT2D eigenvalue weighted by atomic mass is 17.2. The summed E-state index contributed by atoms with van der Waals surface area (Å²) in [4.78, 5) is 21.0. The molecular weight excluding hydrogens is 212 g/mol. The van der Waals surface area contributed by atoms with Gasteiger partial charge in [-0.3, -0.25) is 0 Å². The Bertz CT molecular complexity index is 299. The summed E-state index contributed by atoms with van der Waals surface area (Å²) in [6.07, 6.45) is 2.85. The van der Waals surface area contributed by atoms with Crippen LogP contribution in [0.25, 0.3) is 0 Å². The van der Waals surface area contributed by atoms with Crippen LogP contribution in [0.15, 0.2) is 11.6 Å². The SMILES string of the molecule is CCOC(=O)C1=C[C@@H](COOC)[C@H]2O[C@H]2C1. The van der Waals surface area contributed by atoms with E-state index in [0.717, 1.165) is 0 Å². The van der Waals surface area contributed by atoms with Crippen LogP contribution in [0.3, 0.4) is 0 Å². The Kier molecular flexibility index (Phi) is 3.58. The molecule has 0 saturated carbocycles. The molecule has 0 bridgehead atoms. The van der Waals surface area contributed by atoms with E-state index in [-0.39, 0.29) is 24.1 Å². The fourth-order valence-electron chi connectivity index (χ4n) is 2.00. The van der Waals surface area contributed by atoms with Crippen LogP contribution in [-0.2, 0) is 24.0 Å². The van der Waals surface area contributed by atoms with E-state index in [2.05, 4.69) is 4.89 Å². The highest BCUT2D eigenvalue weighted by Gasteiger charge is 2.48. The quantitative estimate of drug-likeness (QED) is 0.302. The summed E-state index contributed by atoms with van der Waals surface area (Å²) >= 11 is 0.